The summed E-state index contributed by atoms with van der Waals surface area (Å²) < 4.78 is 11.4. The van der Waals surface area contributed by atoms with E-state index in [1.54, 1.807) is 17.0 Å². The van der Waals surface area contributed by atoms with Crippen molar-refractivity contribution in [2.75, 3.05) is 19.7 Å². The molecule has 4 rings (SSSR count). The van der Waals surface area contributed by atoms with E-state index in [2.05, 4.69) is 11.1 Å². The van der Waals surface area contributed by atoms with Crippen LogP contribution in [0.1, 0.15) is 49.3 Å². The van der Waals surface area contributed by atoms with Crippen LogP contribution in [0.25, 0.3) is 10.9 Å². The van der Waals surface area contributed by atoms with Crippen molar-refractivity contribution >= 4 is 23.0 Å². The van der Waals surface area contributed by atoms with E-state index in [4.69, 9.17) is 9.47 Å². The highest BCUT2D eigenvalue weighted by molar-refractivity contribution is 5.89. The lowest BCUT2D eigenvalue weighted by Crippen LogP contribution is -2.46. The summed E-state index contributed by atoms with van der Waals surface area (Å²) in [6.45, 7) is 8.66. The number of para-hydroxylation sites is 1. The summed E-state index contributed by atoms with van der Waals surface area (Å²) in [6.07, 6.45) is 0.341. The van der Waals surface area contributed by atoms with Crippen LogP contribution in [-0.2, 0) is 21.3 Å². The van der Waals surface area contributed by atoms with Crippen LogP contribution in [0.4, 0.5) is 4.79 Å². The highest BCUT2D eigenvalue weighted by Gasteiger charge is 2.40. The fourth-order valence-corrected chi connectivity index (χ4v) is 4.28. The number of hydrogen-bond acceptors (Lipinski definition) is 4. The van der Waals surface area contributed by atoms with Crippen LogP contribution in [0, 0.1) is 0 Å². The van der Waals surface area contributed by atoms with Crippen LogP contribution in [0.2, 0.25) is 0 Å². The summed E-state index contributed by atoms with van der Waals surface area (Å²) in [5, 5.41) is 1.13. The number of ether oxygens (including phenoxy) is 2. The Hall–Kier alpha value is -3.28. The molecule has 6 heteroatoms. The second kappa shape index (κ2) is 8.34. The molecule has 0 unspecified atom stereocenters. The van der Waals surface area contributed by atoms with Gasteiger partial charge in [-0.1, -0.05) is 36.4 Å². The first-order chi connectivity index (χ1) is 15.2. The number of benzene rings is 2. The zero-order valence-electron chi connectivity index (χ0n) is 19.1. The normalized spacial score (nSPS) is 18.7. The van der Waals surface area contributed by atoms with Crippen LogP contribution in [0.3, 0.4) is 0 Å². The molecule has 2 aromatic carbocycles. The maximum absolute atomic E-state index is 12.9. The fourth-order valence-electron chi connectivity index (χ4n) is 4.28. The summed E-state index contributed by atoms with van der Waals surface area (Å²) in [5.74, 6) is -0.377. The average Bonchev–Trinajstić information content (AvgIpc) is 3.07. The van der Waals surface area contributed by atoms with Gasteiger partial charge in [0.2, 0.25) is 0 Å². The van der Waals surface area contributed by atoms with Gasteiger partial charge in [0.15, 0.2) is 0 Å². The van der Waals surface area contributed by atoms with Crippen molar-refractivity contribution in [2.45, 2.75) is 45.1 Å². The molecule has 0 spiro atoms. The van der Waals surface area contributed by atoms with Gasteiger partial charge in [-0.05, 0) is 57.9 Å². The van der Waals surface area contributed by atoms with Crippen molar-refractivity contribution in [3.63, 3.8) is 0 Å². The summed E-state index contributed by atoms with van der Waals surface area (Å²) in [4.78, 5) is 30.9. The summed E-state index contributed by atoms with van der Waals surface area (Å²) in [7, 11) is 0. The molecular weight excluding hydrogens is 404 g/mol. The minimum Gasteiger partial charge on any atom is -0.461 e. The van der Waals surface area contributed by atoms with Crippen LogP contribution in [0.15, 0.2) is 54.6 Å². The first kappa shape index (κ1) is 21.9. The van der Waals surface area contributed by atoms with Gasteiger partial charge >= 0.3 is 12.1 Å². The zero-order valence-corrected chi connectivity index (χ0v) is 19.1. The number of amides is 1. The molecule has 6 nitrogen and oxygen atoms in total. The lowest BCUT2D eigenvalue weighted by Gasteiger charge is -2.34. The molecule has 0 radical (unpaired) electrons. The molecule has 1 atom stereocenters. The molecular formula is C26H30N2O4. The number of carbonyl (C=O) groups is 2. The van der Waals surface area contributed by atoms with Crippen LogP contribution >= 0.6 is 0 Å². The highest BCUT2D eigenvalue weighted by Crippen LogP contribution is 2.36. The third-order valence-electron chi connectivity index (χ3n) is 5.77. The van der Waals surface area contributed by atoms with Gasteiger partial charge in [0.25, 0.3) is 0 Å². The molecule has 1 amide bonds. The number of carbonyl (C=O) groups excluding carboxylic acids is 2. The first-order valence-corrected chi connectivity index (χ1v) is 11.0. The van der Waals surface area contributed by atoms with Crippen molar-refractivity contribution in [3.8, 4) is 0 Å². The molecule has 0 aliphatic carbocycles. The van der Waals surface area contributed by atoms with Crippen LogP contribution < -0.4 is 0 Å². The second-order valence-corrected chi connectivity index (χ2v) is 9.68. The number of fused-ring (bicyclic) bond motifs is 3. The quantitative estimate of drug-likeness (QED) is 0.584. The van der Waals surface area contributed by atoms with Gasteiger partial charge in [-0.3, -0.25) is 0 Å². The summed E-state index contributed by atoms with van der Waals surface area (Å²) >= 11 is 0. The number of aromatic amines is 1. The number of aromatic nitrogens is 1. The largest absolute Gasteiger partial charge is 0.461 e. The first-order valence-electron chi connectivity index (χ1n) is 11.0. The molecule has 1 aliphatic rings. The Morgan fingerprint density at radius 3 is 2.47 bits per heavy atom. The molecule has 0 saturated carbocycles. The van der Waals surface area contributed by atoms with Crippen LogP contribution in [0.5, 0.6) is 0 Å². The lowest BCUT2D eigenvalue weighted by atomic mass is 9.85. The maximum atomic E-state index is 12.9. The third kappa shape index (κ3) is 4.49. The molecule has 1 N–H and O–H groups in total. The van der Waals surface area contributed by atoms with E-state index in [9.17, 15) is 9.59 Å². The Labute approximate surface area is 188 Å². The van der Waals surface area contributed by atoms with Crippen molar-refractivity contribution in [3.05, 3.63) is 71.4 Å². The Morgan fingerprint density at radius 1 is 1.06 bits per heavy atom. The predicted octanol–water partition coefficient (Wildman–Crippen LogP) is 5.08. The lowest BCUT2D eigenvalue weighted by molar-refractivity contribution is 0.0155. The molecule has 2 heterocycles. The Kier molecular flexibility index (Phi) is 5.71. The fraction of sp³-hybridized carbons (Fsp3) is 0.385. The Bertz CT molecular complexity index is 1130. The van der Waals surface area contributed by atoms with Crippen molar-refractivity contribution in [2.24, 2.45) is 0 Å². The van der Waals surface area contributed by atoms with Gasteiger partial charge < -0.3 is 19.4 Å². The number of rotatable bonds is 3. The summed E-state index contributed by atoms with van der Waals surface area (Å²) in [6, 6.07) is 17.1. The number of nitrogens with one attached hydrogen (secondary N) is 1. The topological polar surface area (TPSA) is 71.6 Å². The van der Waals surface area contributed by atoms with Gasteiger partial charge in [-0.25, -0.2) is 9.59 Å². The molecule has 0 saturated heterocycles. The third-order valence-corrected chi connectivity index (χ3v) is 5.77. The zero-order chi connectivity index (χ0) is 22.9. The van der Waals surface area contributed by atoms with Crippen LogP contribution in [-0.4, -0.2) is 47.2 Å². The SMILES string of the molecule is CC(C)(C)OC(=O)N1CCc2c([nH]c3ccccc23)[C@](C)(COC(=O)c2ccccc2)C1. The average molecular weight is 435 g/mol. The smallest absolute Gasteiger partial charge is 0.410 e. The Morgan fingerprint density at radius 2 is 1.75 bits per heavy atom. The molecule has 0 bridgehead atoms. The van der Waals surface area contributed by atoms with Gasteiger partial charge in [-0.15, -0.1) is 0 Å². The van der Waals surface area contributed by atoms with Gasteiger partial charge in [-0.2, -0.15) is 0 Å². The molecule has 1 aromatic heterocycles. The van der Waals surface area contributed by atoms with Crippen molar-refractivity contribution in [1.82, 2.24) is 9.88 Å². The molecule has 168 valence electrons. The minimum absolute atomic E-state index is 0.139. The number of nitrogens with zero attached hydrogens (tertiary/aromatic N) is 1. The second-order valence-electron chi connectivity index (χ2n) is 9.68. The Balaban J connectivity index is 1.66. The molecule has 1 aliphatic heterocycles. The van der Waals surface area contributed by atoms with Gasteiger partial charge in [0.1, 0.15) is 12.2 Å². The molecule has 3 aromatic rings. The monoisotopic (exact) mass is 434 g/mol. The number of H-pyrrole nitrogens is 1. The standard InChI is InChI=1S/C26H30N2O4/c1-25(2,3)32-24(30)28-15-14-20-19-12-8-9-13-21(19)27-22(20)26(4,16-28)17-31-23(29)18-10-6-5-7-11-18/h5-13,27H,14-17H2,1-4H3/t26-/m0/s1. The molecule has 0 fully saturated rings. The van der Waals surface area contributed by atoms with Gasteiger partial charge in [0, 0.05) is 29.7 Å². The van der Waals surface area contributed by atoms with E-state index >= 15 is 0 Å². The van der Waals surface area contributed by atoms with E-state index < -0.39 is 11.0 Å². The highest BCUT2D eigenvalue weighted by atomic mass is 16.6. The van der Waals surface area contributed by atoms with E-state index in [0.29, 0.717) is 25.1 Å². The predicted molar refractivity (Wildman–Crippen MR) is 124 cm³/mol. The maximum Gasteiger partial charge on any atom is 0.410 e. The van der Waals surface area contributed by atoms with Gasteiger partial charge in [0.05, 0.1) is 11.0 Å². The van der Waals surface area contributed by atoms with Crippen molar-refractivity contribution in [1.29, 1.82) is 0 Å². The van der Waals surface area contributed by atoms with Crippen molar-refractivity contribution < 1.29 is 19.1 Å². The number of hydrogen-bond donors (Lipinski definition) is 1. The van der Waals surface area contributed by atoms with E-state index in [1.807, 2.05) is 64.1 Å². The number of esters is 1. The van der Waals surface area contributed by atoms with E-state index in [-0.39, 0.29) is 18.7 Å². The molecule has 32 heavy (non-hydrogen) atoms. The van der Waals surface area contributed by atoms with E-state index in [1.165, 1.54) is 0 Å². The minimum atomic E-state index is -0.619. The summed E-state index contributed by atoms with van der Waals surface area (Å²) in [5.41, 5.74) is 2.51. The van der Waals surface area contributed by atoms with E-state index in [0.717, 1.165) is 22.2 Å².